The Morgan fingerprint density at radius 2 is 0.821 bits per heavy atom. The van der Waals surface area contributed by atoms with Crippen LogP contribution < -0.4 is 71.5 Å². The monoisotopic (exact) mass is 406 g/mol. The van der Waals surface area contributed by atoms with Crippen LogP contribution in [0.25, 0.3) is 0 Å². The average molecular weight is 406 g/mol. The van der Waals surface area contributed by atoms with E-state index in [4.69, 9.17) is 45.1 Å². The molecular weight excluding hydrogens is 401 g/mol. The predicted octanol–water partition coefficient (Wildman–Crippen LogP) is -18.6. The zero-order chi connectivity index (χ0) is 20.5. The van der Waals surface area contributed by atoms with Crippen molar-refractivity contribution in [1.82, 2.24) is 0 Å². The van der Waals surface area contributed by atoms with Crippen LogP contribution in [0.4, 0.5) is 9.05 Å². The zero-order valence-electron chi connectivity index (χ0n) is 14.0. The van der Waals surface area contributed by atoms with E-state index in [0.717, 1.165) is 0 Å². The van der Waals surface area contributed by atoms with Crippen molar-refractivity contribution in [2.24, 2.45) is 0 Å². The SMILES string of the molecule is O=C(O)C(=O)OF.O=C(O)C(=O)OF.O=C([O-])C(=O)[O-].OB(O)O.[F-].[Li+].[Li+].[Li+]. The molecule has 0 aliphatic heterocycles. The van der Waals surface area contributed by atoms with Gasteiger partial charge in [0.15, 0.2) is 0 Å². The van der Waals surface area contributed by atoms with Crippen molar-refractivity contribution in [1.29, 1.82) is 0 Å². The molecule has 0 atom stereocenters. The fourth-order valence-corrected chi connectivity index (χ4v) is 0.0660. The molecule has 15 nitrogen and oxygen atoms in total. The fourth-order valence-electron chi connectivity index (χ4n) is 0.0660. The van der Waals surface area contributed by atoms with Crippen LogP contribution in [-0.4, -0.2) is 68.4 Å². The number of halogens is 3. The molecule has 0 unspecified atom stereocenters. The Bertz CT molecular complexity index is 424. The third-order valence-corrected chi connectivity index (χ3v) is 0.656. The molecule has 0 saturated heterocycles. The normalized spacial score (nSPS) is 6.32. The van der Waals surface area contributed by atoms with Crippen molar-refractivity contribution in [3.05, 3.63) is 0 Å². The molecule has 146 valence electrons. The summed E-state index contributed by atoms with van der Waals surface area (Å²) in [6.07, 6.45) is 0. The smallest absolute Gasteiger partial charge is 1.00 e. The molecule has 0 aromatic rings. The number of carboxylic acids is 4. The van der Waals surface area contributed by atoms with Gasteiger partial charge in [0, 0.05) is 9.05 Å². The quantitative estimate of drug-likeness (QED) is 0.185. The Morgan fingerprint density at radius 3 is 0.821 bits per heavy atom. The van der Waals surface area contributed by atoms with E-state index in [2.05, 4.69) is 9.88 Å². The van der Waals surface area contributed by atoms with Gasteiger partial charge in [-0.3, -0.25) is 0 Å². The Kier molecular flexibility index (Phi) is 59.2. The van der Waals surface area contributed by atoms with Gasteiger partial charge in [-0.15, -0.1) is 0 Å². The van der Waals surface area contributed by atoms with Gasteiger partial charge in [-0.05, 0) is 0 Å². The van der Waals surface area contributed by atoms with Gasteiger partial charge < -0.3 is 49.8 Å². The van der Waals surface area contributed by atoms with Crippen molar-refractivity contribution in [2.45, 2.75) is 0 Å². The summed E-state index contributed by atoms with van der Waals surface area (Å²) in [5, 5.41) is 54.3. The maximum atomic E-state index is 10.4. The van der Waals surface area contributed by atoms with Crippen LogP contribution in [0.3, 0.4) is 0 Å². The first-order valence-electron chi connectivity index (χ1n) is 4.32. The molecule has 5 N–H and O–H groups in total. The molecule has 0 aliphatic rings. The van der Waals surface area contributed by atoms with Gasteiger partial charge >= 0.3 is 87.8 Å². The first-order chi connectivity index (χ1) is 10.7. The van der Waals surface area contributed by atoms with E-state index in [1.807, 2.05) is 0 Å². The third kappa shape index (κ3) is 64.5. The van der Waals surface area contributed by atoms with E-state index in [1.54, 1.807) is 0 Å². The van der Waals surface area contributed by atoms with Gasteiger partial charge in [0.2, 0.25) is 0 Å². The molecule has 0 bridgehead atoms. The molecular formula is C6H5BF3Li3O15. The molecule has 0 saturated carbocycles. The summed E-state index contributed by atoms with van der Waals surface area (Å²) in [4.78, 5) is 59.5. The van der Waals surface area contributed by atoms with E-state index >= 15 is 0 Å². The summed E-state index contributed by atoms with van der Waals surface area (Å²) in [7, 11) is -2.17. The van der Waals surface area contributed by atoms with Crippen LogP contribution in [0.1, 0.15) is 0 Å². The zero-order valence-corrected chi connectivity index (χ0v) is 14.0. The van der Waals surface area contributed by atoms with E-state index in [-0.39, 0.29) is 61.3 Å². The van der Waals surface area contributed by atoms with E-state index in [0.29, 0.717) is 0 Å². The number of aliphatic carboxylic acids is 4. The van der Waals surface area contributed by atoms with E-state index in [9.17, 15) is 28.2 Å². The molecule has 28 heavy (non-hydrogen) atoms. The third-order valence-electron chi connectivity index (χ3n) is 0.656. The number of carbonyl (C=O) groups excluding carboxylic acids is 4. The Balaban J connectivity index is -0.0000000308. The summed E-state index contributed by atoms with van der Waals surface area (Å²) in [5.41, 5.74) is 0. The predicted molar refractivity (Wildman–Crippen MR) is 52.1 cm³/mol. The molecule has 0 amide bonds. The van der Waals surface area contributed by atoms with Crippen molar-refractivity contribution < 1.29 is 144 Å². The summed E-state index contributed by atoms with van der Waals surface area (Å²) in [5.74, 6) is -12.1. The molecule has 22 heteroatoms. The molecule has 0 radical (unpaired) electrons. The maximum Gasteiger partial charge on any atom is 1.00 e. The Morgan fingerprint density at radius 1 is 0.679 bits per heavy atom. The number of hydrogen-bond acceptors (Lipinski definition) is 13. The van der Waals surface area contributed by atoms with Gasteiger partial charge in [-0.1, -0.05) is 0 Å². The Hall–Kier alpha value is -1.65. The standard InChI is InChI=1S/2C2HFO4.C2H2O4.BH3O3.FH.3Li/c2*3-7-2(6)1(4)5;3-1(4)2(5)6;2-1(3)4;;;;/h2*(H,4,5);(H,3,4)(H,5,6);2-4H;1H;;;/q;;;;;3*+1/p-3. The molecule has 0 aliphatic carbocycles. The number of hydrogen-bond donors (Lipinski definition) is 5. The van der Waals surface area contributed by atoms with Gasteiger partial charge in [0.1, 0.15) is 0 Å². The second kappa shape index (κ2) is 33.0. The fraction of sp³-hybridized carbons (Fsp3) is 0. The number of carbonyl (C=O) groups is 6. The van der Waals surface area contributed by atoms with Gasteiger partial charge in [-0.25, -0.2) is 29.1 Å². The average Bonchev–Trinajstić information content (AvgIpc) is 2.45. The Labute approximate surface area is 187 Å². The van der Waals surface area contributed by atoms with E-state index in [1.165, 1.54) is 0 Å². The van der Waals surface area contributed by atoms with Crippen LogP contribution in [0.15, 0.2) is 0 Å². The largest absolute Gasteiger partial charge is 1.00 e. The summed E-state index contributed by atoms with van der Waals surface area (Å²) < 4.78 is 20.8. The van der Waals surface area contributed by atoms with Crippen LogP contribution in [0.5, 0.6) is 0 Å². The number of rotatable bonds is 0. The van der Waals surface area contributed by atoms with Crippen molar-refractivity contribution in [3.63, 3.8) is 0 Å². The topological polar surface area (TPSA) is 268 Å². The molecule has 0 aromatic carbocycles. The van der Waals surface area contributed by atoms with Crippen molar-refractivity contribution in [3.8, 4) is 0 Å². The molecule has 0 fully saturated rings. The minimum Gasteiger partial charge on any atom is -1.00 e. The molecule has 0 heterocycles. The molecule has 0 spiro atoms. The summed E-state index contributed by atoms with van der Waals surface area (Å²) >= 11 is 0. The van der Waals surface area contributed by atoms with E-state index < -0.39 is 43.1 Å². The maximum absolute atomic E-state index is 10.4. The first kappa shape index (κ1) is 50.3. The summed E-state index contributed by atoms with van der Waals surface area (Å²) in [6, 6.07) is 0. The minimum atomic E-state index is -2.19. The van der Waals surface area contributed by atoms with Crippen LogP contribution in [-0.2, 0) is 38.7 Å². The molecule has 0 aromatic heterocycles. The second-order valence-corrected chi connectivity index (χ2v) is 2.26. The minimum absolute atomic E-state index is 0. The van der Waals surface area contributed by atoms with Gasteiger partial charge in [0.05, 0.1) is 11.9 Å². The van der Waals surface area contributed by atoms with Crippen LogP contribution in [0, 0.1) is 0 Å². The van der Waals surface area contributed by atoms with Crippen LogP contribution >= 0.6 is 0 Å². The second-order valence-electron chi connectivity index (χ2n) is 2.26. The van der Waals surface area contributed by atoms with Gasteiger partial charge in [0.25, 0.3) is 0 Å². The van der Waals surface area contributed by atoms with Crippen molar-refractivity contribution in [2.75, 3.05) is 0 Å². The number of carboxylic acid groups (broad SMARTS) is 4. The summed E-state index contributed by atoms with van der Waals surface area (Å²) in [6.45, 7) is 0. The first-order valence-corrected chi connectivity index (χ1v) is 4.32. The van der Waals surface area contributed by atoms with Gasteiger partial charge in [-0.2, -0.15) is 0 Å². The van der Waals surface area contributed by atoms with Crippen LogP contribution in [0.2, 0.25) is 0 Å². The molecule has 0 rings (SSSR count). The van der Waals surface area contributed by atoms with Crippen molar-refractivity contribution >= 4 is 43.1 Å².